The van der Waals surface area contributed by atoms with E-state index >= 15 is 0 Å². The molecule has 0 unspecified atom stereocenters. The molecule has 160 valence electrons. The summed E-state index contributed by atoms with van der Waals surface area (Å²) in [7, 11) is 1.70. The Hall–Kier alpha value is -2.18. The molecule has 0 atom stereocenters. The molecule has 0 saturated heterocycles. The van der Waals surface area contributed by atoms with Crippen molar-refractivity contribution in [3.8, 4) is 5.75 Å². The maximum Gasteiger partial charge on any atom is 0.126 e. The summed E-state index contributed by atoms with van der Waals surface area (Å²) in [6, 6.07) is 8.26. The Kier molecular flexibility index (Phi) is 5.85. The quantitative estimate of drug-likeness (QED) is 0.245. The molecule has 3 aromatic heterocycles. The molecule has 1 aromatic carbocycles. The highest BCUT2D eigenvalue weighted by atomic mass is 32.2. The molecule has 0 spiro atoms. The fourth-order valence-corrected chi connectivity index (χ4v) is 6.66. The summed E-state index contributed by atoms with van der Waals surface area (Å²) in [5.41, 5.74) is 6.66. The minimum Gasteiger partial charge on any atom is -0.497 e. The van der Waals surface area contributed by atoms with E-state index in [9.17, 15) is 0 Å². The van der Waals surface area contributed by atoms with Gasteiger partial charge in [-0.25, -0.2) is 15.0 Å². The van der Waals surface area contributed by atoms with Crippen LogP contribution >= 0.6 is 23.1 Å². The van der Waals surface area contributed by atoms with Gasteiger partial charge in [0.25, 0.3) is 0 Å². The molecular formula is C25H27N3OS2. The molecule has 0 fully saturated rings. The summed E-state index contributed by atoms with van der Waals surface area (Å²) in [6.45, 7) is 4.57. The average Bonchev–Trinajstić information content (AvgIpc) is 3.17. The van der Waals surface area contributed by atoms with E-state index in [1.807, 2.05) is 12.1 Å². The minimum atomic E-state index is 0.612. The molecule has 0 amide bonds. The summed E-state index contributed by atoms with van der Waals surface area (Å²) < 4.78 is 6.45. The zero-order chi connectivity index (χ0) is 21.4. The van der Waals surface area contributed by atoms with Gasteiger partial charge < -0.3 is 4.74 Å². The van der Waals surface area contributed by atoms with Gasteiger partial charge in [-0.1, -0.05) is 26.0 Å². The van der Waals surface area contributed by atoms with Gasteiger partial charge in [0.1, 0.15) is 21.9 Å². The first kappa shape index (κ1) is 20.7. The van der Waals surface area contributed by atoms with E-state index in [4.69, 9.17) is 14.7 Å². The maximum absolute atomic E-state index is 5.27. The Labute approximate surface area is 191 Å². The van der Waals surface area contributed by atoms with Crippen molar-refractivity contribution >= 4 is 43.5 Å². The molecule has 1 aliphatic carbocycles. The van der Waals surface area contributed by atoms with Gasteiger partial charge >= 0.3 is 0 Å². The average molecular weight is 450 g/mol. The monoisotopic (exact) mass is 449 g/mol. The number of aromatic nitrogens is 3. The molecule has 4 aromatic rings. The first-order valence-electron chi connectivity index (χ1n) is 11.0. The third kappa shape index (κ3) is 4.03. The van der Waals surface area contributed by atoms with Crippen molar-refractivity contribution in [2.75, 3.05) is 7.11 Å². The number of hydrogen-bond acceptors (Lipinski definition) is 6. The van der Waals surface area contributed by atoms with E-state index in [0.29, 0.717) is 5.92 Å². The van der Waals surface area contributed by atoms with Gasteiger partial charge in [-0.3, -0.25) is 0 Å². The van der Waals surface area contributed by atoms with E-state index in [-0.39, 0.29) is 0 Å². The summed E-state index contributed by atoms with van der Waals surface area (Å²) >= 11 is 3.54. The van der Waals surface area contributed by atoms with Gasteiger partial charge in [-0.05, 0) is 66.8 Å². The molecular weight excluding hydrogens is 422 g/mol. The highest BCUT2D eigenvalue weighted by Crippen LogP contribution is 2.42. The van der Waals surface area contributed by atoms with E-state index in [1.54, 1.807) is 36.5 Å². The Morgan fingerprint density at radius 2 is 1.84 bits per heavy atom. The number of rotatable bonds is 6. The van der Waals surface area contributed by atoms with Crippen LogP contribution in [0, 0.1) is 5.92 Å². The van der Waals surface area contributed by atoms with Crippen LogP contribution in [0.25, 0.3) is 20.4 Å². The van der Waals surface area contributed by atoms with Gasteiger partial charge in [0.05, 0.1) is 17.3 Å². The van der Waals surface area contributed by atoms with Gasteiger partial charge in [0, 0.05) is 16.8 Å². The zero-order valence-electron chi connectivity index (χ0n) is 18.3. The van der Waals surface area contributed by atoms with Crippen molar-refractivity contribution in [1.29, 1.82) is 0 Å². The number of thioether (sulfide) groups is 1. The molecule has 6 heteroatoms. The molecule has 1 aliphatic rings. The summed E-state index contributed by atoms with van der Waals surface area (Å²) in [4.78, 5) is 15.7. The lowest BCUT2D eigenvalue weighted by Crippen LogP contribution is -2.11. The van der Waals surface area contributed by atoms with Crippen LogP contribution in [0.4, 0.5) is 0 Å². The number of hydrogen-bond donors (Lipinski definition) is 0. The van der Waals surface area contributed by atoms with Crippen LogP contribution < -0.4 is 4.74 Å². The molecule has 0 N–H and O–H groups in total. The largest absolute Gasteiger partial charge is 0.497 e. The molecule has 0 saturated carbocycles. The molecule has 31 heavy (non-hydrogen) atoms. The second-order valence-corrected chi connectivity index (χ2v) is 10.6. The highest BCUT2D eigenvalue weighted by Gasteiger charge is 2.23. The van der Waals surface area contributed by atoms with Crippen molar-refractivity contribution in [2.24, 2.45) is 5.92 Å². The lowest BCUT2D eigenvalue weighted by molar-refractivity contribution is 0.414. The van der Waals surface area contributed by atoms with E-state index in [0.717, 1.165) is 46.1 Å². The van der Waals surface area contributed by atoms with Crippen molar-refractivity contribution < 1.29 is 4.74 Å². The van der Waals surface area contributed by atoms with Crippen LogP contribution in [-0.2, 0) is 25.0 Å². The van der Waals surface area contributed by atoms with Gasteiger partial charge in [0.15, 0.2) is 0 Å². The molecule has 3 heterocycles. The second kappa shape index (κ2) is 8.75. The second-order valence-electron chi connectivity index (χ2n) is 8.60. The smallest absolute Gasteiger partial charge is 0.126 e. The van der Waals surface area contributed by atoms with Crippen molar-refractivity contribution in [3.05, 3.63) is 53.0 Å². The lowest BCUT2D eigenvalue weighted by atomic mass is 9.87. The fourth-order valence-electron chi connectivity index (χ4n) is 4.45. The number of aryl methyl sites for hydroxylation is 1. The van der Waals surface area contributed by atoms with Gasteiger partial charge in [-0.2, -0.15) is 0 Å². The number of thiophene rings is 1. The minimum absolute atomic E-state index is 0.612. The van der Waals surface area contributed by atoms with E-state index < -0.39 is 0 Å². The number of benzene rings is 1. The van der Waals surface area contributed by atoms with Gasteiger partial charge in [-0.15, -0.1) is 23.1 Å². The zero-order valence-corrected chi connectivity index (χ0v) is 19.9. The normalized spacial score (nSPS) is 13.8. The fraction of sp³-hybridized carbons (Fsp3) is 0.400. The topological polar surface area (TPSA) is 47.9 Å². The molecule has 0 radical (unpaired) electrons. The Morgan fingerprint density at radius 3 is 2.58 bits per heavy atom. The SMILES string of the molecule is COc1ccc(CSc2ncnc3c2sc2nc(CC(C)C)c4c(c23)CCCC4)cc1. The predicted octanol–water partition coefficient (Wildman–Crippen LogP) is 6.62. The first-order valence-corrected chi connectivity index (χ1v) is 12.8. The summed E-state index contributed by atoms with van der Waals surface area (Å²) in [5, 5.41) is 2.34. The van der Waals surface area contributed by atoms with Gasteiger partial charge in [0.2, 0.25) is 0 Å². The lowest BCUT2D eigenvalue weighted by Gasteiger charge is -2.20. The van der Waals surface area contributed by atoms with Crippen LogP contribution in [-0.4, -0.2) is 22.1 Å². The van der Waals surface area contributed by atoms with E-state index in [1.165, 1.54) is 45.3 Å². The summed E-state index contributed by atoms with van der Waals surface area (Å²) in [5.74, 6) is 2.37. The van der Waals surface area contributed by atoms with Crippen LogP contribution in [0.1, 0.15) is 49.1 Å². The van der Waals surface area contributed by atoms with Crippen LogP contribution in [0.2, 0.25) is 0 Å². The Bertz CT molecular complexity index is 1230. The van der Waals surface area contributed by atoms with Crippen molar-refractivity contribution in [1.82, 2.24) is 15.0 Å². The van der Waals surface area contributed by atoms with Crippen molar-refractivity contribution in [2.45, 2.75) is 56.7 Å². The number of nitrogens with zero attached hydrogens (tertiary/aromatic N) is 3. The van der Waals surface area contributed by atoms with Crippen LogP contribution in [0.5, 0.6) is 5.75 Å². The first-order chi connectivity index (χ1) is 15.1. The number of fused-ring (bicyclic) bond motifs is 5. The molecule has 4 nitrogen and oxygen atoms in total. The Balaban J connectivity index is 1.56. The Morgan fingerprint density at radius 1 is 1.06 bits per heavy atom. The third-order valence-corrected chi connectivity index (χ3v) is 8.18. The molecule has 0 aliphatic heterocycles. The van der Waals surface area contributed by atoms with E-state index in [2.05, 4.69) is 31.0 Å². The highest BCUT2D eigenvalue weighted by molar-refractivity contribution is 7.98. The number of ether oxygens (including phenoxy) is 1. The van der Waals surface area contributed by atoms with Crippen LogP contribution in [0.3, 0.4) is 0 Å². The summed E-state index contributed by atoms with van der Waals surface area (Å²) in [6.07, 6.45) is 7.60. The van der Waals surface area contributed by atoms with Crippen LogP contribution in [0.15, 0.2) is 35.6 Å². The predicted molar refractivity (Wildman–Crippen MR) is 130 cm³/mol. The molecule has 0 bridgehead atoms. The number of pyridine rings is 1. The third-order valence-electron chi connectivity index (χ3n) is 5.91. The standard InChI is InChI=1S/C25H27N3OS2/c1-15(2)12-20-18-6-4-5-7-19(18)21-22-23(31-24(21)28-20)25(27-14-26-22)30-13-16-8-10-17(29-3)11-9-16/h8-11,14-15H,4-7,12-13H2,1-3H3. The number of methoxy groups -OCH3 is 1. The molecule has 5 rings (SSSR count). The van der Waals surface area contributed by atoms with Crippen molar-refractivity contribution in [3.63, 3.8) is 0 Å². The maximum atomic E-state index is 5.27.